The minimum Gasteiger partial charge on any atom is -0.493 e. The summed E-state index contributed by atoms with van der Waals surface area (Å²) in [6, 6.07) is 18.0. The third kappa shape index (κ3) is 8.26. The van der Waals surface area contributed by atoms with Gasteiger partial charge in [0.05, 0.1) is 0 Å². The summed E-state index contributed by atoms with van der Waals surface area (Å²) in [4.78, 5) is 0. The van der Waals surface area contributed by atoms with Gasteiger partial charge in [-0.3, -0.25) is 0 Å². The van der Waals surface area contributed by atoms with Gasteiger partial charge < -0.3 is 5.53 Å². The average Bonchev–Trinajstić information content (AvgIpc) is 3.22. The molecule has 1 aliphatic heterocycles. The Hall–Kier alpha value is -2.48. The zero-order valence-electron chi connectivity index (χ0n) is 24.8. The predicted molar refractivity (Wildman–Crippen MR) is 165 cm³/mol. The highest BCUT2D eigenvalue weighted by Gasteiger charge is 2.35. The molecule has 0 fully saturated rings. The van der Waals surface area contributed by atoms with Crippen molar-refractivity contribution in [3.63, 3.8) is 0 Å². The summed E-state index contributed by atoms with van der Waals surface area (Å²) in [6.45, 7) is 9.04. The molecule has 0 saturated carbocycles. The van der Waals surface area contributed by atoms with Gasteiger partial charge in [-0.1, -0.05) is 103 Å². The standard InChI is InChI=1S/C36H52N2/c1-5-9-13-14-15-16-19-30-20-17-21-32(28-30)36-34(23-12-8-4)33(22-11-7-3)35(38(36)37)31-26-24-29(25-27-31)18-10-6-2/h17,20-21,24-28H,5-16,18-19,22-23H2,1-4H3. The Bertz CT molecular complexity index is 1070. The molecule has 0 aromatic heterocycles. The van der Waals surface area contributed by atoms with Crippen LogP contribution in [0.4, 0.5) is 0 Å². The van der Waals surface area contributed by atoms with Crippen LogP contribution < -0.4 is 0 Å². The van der Waals surface area contributed by atoms with Crippen LogP contribution in [0.15, 0.2) is 59.7 Å². The molecule has 0 bridgehead atoms. The largest absolute Gasteiger partial charge is 0.493 e. The Morgan fingerprint density at radius 1 is 0.500 bits per heavy atom. The Labute approximate surface area is 233 Å². The molecule has 2 nitrogen and oxygen atoms in total. The van der Waals surface area contributed by atoms with E-state index in [0.717, 1.165) is 73.9 Å². The molecule has 0 spiro atoms. The van der Waals surface area contributed by atoms with Crippen LogP contribution in [0.1, 0.15) is 140 Å². The SMILES string of the molecule is CCCCCCCCc1cccc(C2=C(CCCC)C(CCCC)=C(c3ccc(CCCC)cc3)[N+]2=[N-])c1. The van der Waals surface area contributed by atoms with Crippen molar-refractivity contribution in [3.8, 4) is 0 Å². The normalized spacial score (nSPS) is 13.7. The first-order valence-electron chi connectivity index (χ1n) is 15.8. The maximum Gasteiger partial charge on any atom is 0.211 e. The molecule has 0 radical (unpaired) electrons. The van der Waals surface area contributed by atoms with Crippen LogP contribution in [0, 0.1) is 0 Å². The van der Waals surface area contributed by atoms with Gasteiger partial charge in [-0.15, -0.1) is 0 Å². The quantitative estimate of drug-likeness (QED) is 0.140. The van der Waals surface area contributed by atoms with E-state index < -0.39 is 0 Å². The van der Waals surface area contributed by atoms with Crippen LogP contribution in [0.25, 0.3) is 16.9 Å². The van der Waals surface area contributed by atoms with Crippen LogP contribution in [-0.2, 0) is 12.8 Å². The lowest BCUT2D eigenvalue weighted by Gasteiger charge is -2.11. The van der Waals surface area contributed by atoms with Crippen LogP contribution >= 0.6 is 0 Å². The van der Waals surface area contributed by atoms with Gasteiger partial charge in [0.15, 0.2) is 0 Å². The van der Waals surface area contributed by atoms with Gasteiger partial charge in [-0.25, -0.2) is 4.70 Å². The lowest BCUT2D eigenvalue weighted by atomic mass is 9.91. The smallest absolute Gasteiger partial charge is 0.211 e. The van der Waals surface area contributed by atoms with Gasteiger partial charge in [0.25, 0.3) is 0 Å². The fourth-order valence-electron chi connectivity index (χ4n) is 5.69. The Morgan fingerprint density at radius 2 is 1.03 bits per heavy atom. The molecule has 38 heavy (non-hydrogen) atoms. The molecule has 1 aliphatic rings. The van der Waals surface area contributed by atoms with Gasteiger partial charge in [-0.2, -0.15) is 0 Å². The van der Waals surface area contributed by atoms with Crippen molar-refractivity contribution < 1.29 is 4.70 Å². The van der Waals surface area contributed by atoms with E-state index in [1.54, 1.807) is 4.70 Å². The van der Waals surface area contributed by atoms with E-state index in [2.05, 4.69) is 76.2 Å². The average molecular weight is 513 g/mol. The Balaban J connectivity index is 1.92. The van der Waals surface area contributed by atoms with Gasteiger partial charge in [-0.05, 0) is 86.8 Å². The highest BCUT2D eigenvalue weighted by molar-refractivity contribution is 5.82. The summed E-state index contributed by atoms with van der Waals surface area (Å²) in [5.74, 6) is 0. The molecule has 2 heteroatoms. The first kappa shape index (κ1) is 30.1. The third-order valence-corrected chi connectivity index (χ3v) is 7.99. The topological polar surface area (TPSA) is 25.3 Å². The van der Waals surface area contributed by atoms with E-state index in [1.165, 1.54) is 73.6 Å². The molecule has 0 atom stereocenters. The molecule has 1 heterocycles. The summed E-state index contributed by atoms with van der Waals surface area (Å²) in [5.41, 5.74) is 21.6. The zero-order valence-corrected chi connectivity index (χ0v) is 24.8. The molecule has 3 rings (SSSR count). The molecule has 0 unspecified atom stereocenters. The zero-order chi connectivity index (χ0) is 27.2. The van der Waals surface area contributed by atoms with Crippen molar-refractivity contribution in [3.05, 3.63) is 87.5 Å². The van der Waals surface area contributed by atoms with Crippen molar-refractivity contribution in [2.45, 2.75) is 130 Å². The van der Waals surface area contributed by atoms with E-state index in [9.17, 15) is 5.53 Å². The number of hydrogen-bond donors (Lipinski definition) is 0. The summed E-state index contributed by atoms with van der Waals surface area (Å²) in [6.07, 6.45) is 19.2. The molecule has 0 aliphatic carbocycles. The summed E-state index contributed by atoms with van der Waals surface area (Å²) < 4.78 is 1.54. The van der Waals surface area contributed by atoms with E-state index in [-0.39, 0.29) is 0 Å². The fourth-order valence-corrected chi connectivity index (χ4v) is 5.69. The van der Waals surface area contributed by atoms with E-state index in [0.29, 0.717) is 0 Å². The number of nitrogens with zero attached hydrogens (tertiary/aromatic N) is 2. The second-order valence-electron chi connectivity index (χ2n) is 11.2. The van der Waals surface area contributed by atoms with Gasteiger partial charge in [0.1, 0.15) is 0 Å². The van der Waals surface area contributed by atoms with E-state index in [4.69, 9.17) is 0 Å². The fraction of sp³-hybridized carbons (Fsp3) is 0.556. The van der Waals surface area contributed by atoms with Crippen molar-refractivity contribution in [2.75, 3.05) is 0 Å². The summed E-state index contributed by atoms with van der Waals surface area (Å²) in [7, 11) is 0. The number of rotatable bonds is 18. The first-order chi connectivity index (χ1) is 18.6. The van der Waals surface area contributed by atoms with Crippen molar-refractivity contribution in [1.82, 2.24) is 0 Å². The first-order valence-corrected chi connectivity index (χ1v) is 15.8. The lowest BCUT2D eigenvalue weighted by Crippen LogP contribution is -2.03. The number of aryl methyl sites for hydroxylation is 2. The van der Waals surface area contributed by atoms with Crippen LogP contribution in [-0.4, -0.2) is 4.70 Å². The predicted octanol–water partition coefficient (Wildman–Crippen LogP) is 11.5. The molecular formula is C36H52N2. The number of allylic oxidation sites excluding steroid dienone is 2. The second-order valence-corrected chi connectivity index (χ2v) is 11.2. The van der Waals surface area contributed by atoms with Crippen LogP contribution in [0.5, 0.6) is 0 Å². The highest BCUT2D eigenvalue weighted by atomic mass is 15.2. The number of hydrogen-bond acceptors (Lipinski definition) is 0. The van der Waals surface area contributed by atoms with Gasteiger partial charge >= 0.3 is 0 Å². The minimum absolute atomic E-state index is 1.00. The lowest BCUT2D eigenvalue weighted by molar-refractivity contribution is -0.345. The number of benzene rings is 2. The maximum absolute atomic E-state index is 11.8. The molecule has 0 amide bonds. The molecule has 2 aromatic rings. The van der Waals surface area contributed by atoms with Crippen molar-refractivity contribution >= 4 is 11.4 Å². The molecule has 0 saturated heterocycles. The van der Waals surface area contributed by atoms with Crippen LogP contribution in [0.3, 0.4) is 0 Å². The monoisotopic (exact) mass is 512 g/mol. The Morgan fingerprint density at radius 3 is 1.66 bits per heavy atom. The highest BCUT2D eigenvalue weighted by Crippen LogP contribution is 2.44. The molecule has 2 aromatic carbocycles. The Kier molecular flexibility index (Phi) is 13.0. The minimum atomic E-state index is 1.00. The third-order valence-electron chi connectivity index (χ3n) is 7.99. The summed E-state index contributed by atoms with van der Waals surface area (Å²) in [5, 5.41) is 0. The number of unbranched alkanes of at least 4 members (excludes halogenated alkanes) is 8. The van der Waals surface area contributed by atoms with Gasteiger partial charge in [0, 0.05) is 22.3 Å². The van der Waals surface area contributed by atoms with Crippen molar-refractivity contribution in [2.24, 2.45) is 0 Å². The van der Waals surface area contributed by atoms with E-state index in [1.807, 2.05) is 0 Å². The van der Waals surface area contributed by atoms with E-state index >= 15 is 0 Å². The molecular weight excluding hydrogens is 460 g/mol. The van der Waals surface area contributed by atoms with Crippen molar-refractivity contribution in [1.29, 1.82) is 0 Å². The maximum atomic E-state index is 11.8. The molecule has 0 N–H and O–H groups in total. The van der Waals surface area contributed by atoms with Crippen LogP contribution in [0.2, 0.25) is 0 Å². The molecule has 206 valence electrons. The summed E-state index contributed by atoms with van der Waals surface area (Å²) >= 11 is 0. The van der Waals surface area contributed by atoms with Gasteiger partial charge in [0.2, 0.25) is 11.4 Å². The second kappa shape index (κ2) is 16.5.